The fourth-order valence-electron chi connectivity index (χ4n) is 2.01. The number of methoxy groups -OCH3 is 2. The lowest BCUT2D eigenvalue weighted by molar-refractivity contribution is -0.0308. The summed E-state index contributed by atoms with van der Waals surface area (Å²) in [7, 11) is 3.23. The first kappa shape index (κ1) is 11.7. The Morgan fingerprint density at radius 3 is 2.29 bits per heavy atom. The summed E-state index contributed by atoms with van der Waals surface area (Å²) < 4.78 is 15.8. The van der Waals surface area contributed by atoms with E-state index >= 15 is 0 Å². The lowest BCUT2D eigenvalue weighted by Gasteiger charge is -2.36. The van der Waals surface area contributed by atoms with Gasteiger partial charge in [0.15, 0.2) is 0 Å². The van der Waals surface area contributed by atoms with E-state index in [1.807, 2.05) is 19.1 Å². The lowest BCUT2D eigenvalue weighted by atomic mass is 9.79. The van der Waals surface area contributed by atoms with E-state index < -0.39 is 5.41 Å². The molecule has 1 aliphatic rings. The summed E-state index contributed by atoms with van der Waals surface area (Å²) in [6.45, 7) is 2.76. The van der Waals surface area contributed by atoms with E-state index in [1.54, 1.807) is 14.2 Å². The molecule has 90 valence electrons. The number of nitriles is 1. The standard InChI is InChI=1S/C13H15NO3/c1-9-4-12(16-3)10(5-11(9)15-2)13(6-14)7-17-8-13/h4-5H,7-8H2,1-3H3. The van der Waals surface area contributed by atoms with Gasteiger partial charge in [-0.15, -0.1) is 0 Å². The third kappa shape index (κ3) is 1.73. The first-order valence-electron chi connectivity index (χ1n) is 5.39. The molecular formula is C13H15NO3. The van der Waals surface area contributed by atoms with Gasteiger partial charge in [-0.25, -0.2) is 0 Å². The third-order valence-electron chi connectivity index (χ3n) is 3.14. The first-order chi connectivity index (χ1) is 8.16. The highest BCUT2D eigenvalue weighted by atomic mass is 16.5. The molecule has 2 rings (SSSR count). The quantitative estimate of drug-likeness (QED) is 0.798. The van der Waals surface area contributed by atoms with Gasteiger partial charge in [0, 0.05) is 5.56 Å². The Morgan fingerprint density at radius 2 is 1.88 bits per heavy atom. The van der Waals surface area contributed by atoms with Crippen LogP contribution in [0.4, 0.5) is 0 Å². The molecule has 1 aromatic rings. The topological polar surface area (TPSA) is 51.5 Å². The highest BCUT2D eigenvalue weighted by molar-refractivity contribution is 5.52. The number of aryl methyl sites for hydroxylation is 1. The van der Waals surface area contributed by atoms with Gasteiger partial charge in [0.05, 0.1) is 33.5 Å². The summed E-state index contributed by atoms with van der Waals surface area (Å²) in [5.74, 6) is 1.48. The van der Waals surface area contributed by atoms with E-state index in [2.05, 4.69) is 6.07 Å². The van der Waals surface area contributed by atoms with Crippen LogP contribution >= 0.6 is 0 Å². The van der Waals surface area contributed by atoms with Crippen molar-refractivity contribution in [3.05, 3.63) is 23.3 Å². The Balaban J connectivity index is 2.55. The molecule has 1 heterocycles. The maximum absolute atomic E-state index is 9.32. The highest BCUT2D eigenvalue weighted by Crippen LogP contribution is 2.40. The van der Waals surface area contributed by atoms with E-state index in [4.69, 9.17) is 14.2 Å². The van der Waals surface area contributed by atoms with Gasteiger partial charge in [0.2, 0.25) is 0 Å². The first-order valence-corrected chi connectivity index (χ1v) is 5.39. The van der Waals surface area contributed by atoms with Gasteiger partial charge in [-0.05, 0) is 24.6 Å². The second-order valence-electron chi connectivity index (χ2n) is 4.21. The number of hydrogen-bond acceptors (Lipinski definition) is 4. The fourth-order valence-corrected chi connectivity index (χ4v) is 2.01. The number of rotatable bonds is 3. The predicted molar refractivity (Wildman–Crippen MR) is 62.4 cm³/mol. The molecule has 4 nitrogen and oxygen atoms in total. The van der Waals surface area contributed by atoms with Crippen molar-refractivity contribution >= 4 is 0 Å². The van der Waals surface area contributed by atoms with Crippen molar-refractivity contribution < 1.29 is 14.2 Å². The van der Waals surface area contributed by atoms with E-state index in [0.717, 1.165) is 16.9 Å². The van der Waals surface area contributed by atoms with Gasteiger partial charge in [-0.1, -0.05) is 0 Å². The van der Waals surface area contributed by atoms with Crippen molar-refractivity contribution in [2.75, 3.05) is 27.4 Å². The second-order valence-corrected chi connectivity index (χ2v) is 4.21. The van der Waals surface area contributed by atoms with Gasteiger partial charge in [-0.2, -0.15) is 5.26 Å². The minimum atomic E-state index is -0.591. The van der Waals surface area contributed by atoms with E-state index in [1.165, 1.54) is 0 Å². The van der Waals surface area contributed by atoms with Gasteiger partial charge >= 0.3 is 0 Å². The van der Waals surface area contributed by atoms with Crippen molar-refractivity contribution in [3.8, 4) is 17.6 Å². The fraction of sp³-hybridized carbons (Fsp3) is 0.462. The zero-order chi connectivity index (χ0) is 12.5. The van der Waals surface area contributed by atoms with Gasteiger partial charge < -0.3 is 14.2 Å². The molecule has 0 aliphatic carbocycles. The molecule has 0 N–H and O–H groups in total. The molecule has 0 atom stereocenters. The Morgan fingerprint density at radius 1 is 1.24 bits per heavy atom. The van der Waals surface area contributed by atoms with Crippen molar-refractivity contribution in [2.45, 2.75) is 12.3 Å². The zero-order valence-corrected chi connectivity index (χ0v) is 10.2. The summed E-state index contributed by atoms with van der Waals surface area (Å²) in [6, 6.07) is 6.09. The average Bonchev–Trinajstić information content (AvgIpc) is 2.29. The van der Waals surface area contributed by atoms with Crippen LogP contribution < -0.4 is 9.47 Å². The third-order valence-corrected chi connectivity index (χ3v) is 3.14. The summed E-state index contributed by atoms with van der Waals surface area (Å²) in [5.41, 5.74) is 1.24. The monoisotopic (exact) mass is 233 g/mol. The number of nitrogens with zero attached hydrogens (tertiary/aromatic N) is 1. The molecular weight excluding hydrogens is 218 g/mol. The van der Waals surface area contributed by atoms with Crippen LogP contribution in [0.5, 0.6) is 11.5 Å². The molecule has 17 heavy (non-hydrogen) atoms. The maximum atomic E-state index is 9.32. The van der Waals surface area contributed by atoms with Crippen LogP contribution in [0.1, 0.15) is 11.1 Å². The molecule has 1 aliphatic heterocycles. The van der Waals surface area contributed by atoms with Crippen LogP contribution in [0, 0.1) is 18.3 Å². The van der Waals surface area contributed by atoms with Crippen molar-refractivity contribution in [3.63, 3.8) is 0 Å². The van der Waals surface area contributed by atoms with E-state index in [-0.39, 0.29) is 0 Å². The minimum Gasteiger partial charge on any atom is -0.496 e. The molecule has 0 radical (unpaired) electrons. The summed E-state index contributed by atoms with van der Waals surface area (Å²) >= 11 is 0. The smallest absolute Gasteiger partial charge is 0.132 e. The minimum absolute atomic E-state index is 0.409. The molecule has 1 fully saturated rings. The van der Waals surface area contributed by atoms with Crippen LogP contribution in [0.15, 0.2) is 12.1 Å². The molecule has 0 aromatic heterocycles. The highest BCUT2D eigenvalue weighted by Gasteiger charge is 2.43. The summed E-state index contributed by atoms with van der Waals surface area (Å²) in [4.78, 5) is 0. The normalized spacial score (nSPS) is 16.8. The van der Waals surface area contributed by atoms with Gasteiger partial charge in [0.25, 0.3) is 0 Å². The molecule has 0 saturated carbocycles. The Hall–Kier alpha value is -1.73. The molecule has 0 unspecified atom stereocenters. The Kier molecular flexibility index (Phi) is 2.95. The lowest BCUT2D eigenvalue weighted by Crippen LogP contribution is -2.45. The van der Waals surface area contributed by atoms with Crippen LogP contribution in [-0.4, -0.2) is 27.4 Å². The Bertz CT molecular complexity index is 472. The zero-order valence-electron chi connectivity index (χ0n) is 10.2. The number of hydrogen-bond donors (Lipinski definition) is 0. The van der Waals surface area contributed by atoms with E-state index in [0.29, 0.717) is 19.0 Å². The molecule has 4 heteroatoms. The summed E-state index contributed by atoms with van der Waals surface area (Å²) in [5, 5.41) is 9.32. The Labute approximate surface area is 101 Å². The molecule has 0 amide bonds. The van der Waals surface area contributed by atoms with E-state index in [9.17, 15) is 5.26 Å². The predicted octanol–water partition coefficient (Wildman–Crippen LogP) is 1.80. The second kappa shape index (κ2) is 4.27. The molecule has 0 spiro atoms. The van der Waals surface area contributed by atoms with Crippen molar-refractivity contribution in [1.82, 2.24) is 0 Å². The van der Waals surface area contributed by atoms with Crippen molar-refractivity contribution in [1.29, 1.82) is 5.26 Å². The molecule has 1 aromatic carbocycles. The number of ether oxygens (including phenoxy) is 3. The van der Waals surface area contributed by atoms with Gasteiger partial charge in [-0.3, -0.25) is 0 Å². The van der Waals surface area contributed by atoms with Crippen molar-refractivity contribution in [2.24, 2.45) is 0 Å². The van der Waals surface area contributed by atoms with Crippen LogP contribution in [-0.2, 0) is 10.2 Å². The average molecular weight is 233 g/mol. The van der Waals surface area contributed by atoms with Crippen LogP contribution in [0.25, 0.3) is 0 Å². The van der Waals surface area contributed by atoms with Crippen LogP contribution in [0.2, 0.25) is 0 Å². The largest absolute Gasteiger partial charge is 0.496 e. The SMILES string of the molecule is COc1cc(C2(C#N)COC2)c(OC)cc1C. The van der Waals surface area contributed by atoms with Gasteiger partial charge in [0.1, 0.15) is 16.9 Å². The summed E-state index contributed by atoms with van der Waals surface area (Å²) in [6.07, 6.45) is 0. The van der Waals surface area contributed by atoms with Crippen LogP contribution in [0.3, 0.4) is 0 Å². The molecule has 0 bridgehead atoms. The number of benzene rings is 1. The molecule has 1 saturated heterocycles. The maximum Gasteiger partial charge on any atom is 0.132 e.